The van der Waals surface area contributed by atoms with Gasteiger partial charge in [-0.1, -0.05) is 34.6 Å². The Morgan fingerprint density at radius 1 is 1.43 bits per heavy atom. The predicted molar refractivity (Wildman–Crippen MR) is 93.4 cm³/mol. The molecule has 2 heterocycles. The molecule has 0 amide bonds. The fourth-order valence-electron chi connectivity index (χ4n) is 2.99. The molecule has 120 valence electrons. The minimum absolute atomic E-state index is 0.402. The molecule has 0 bridgehead atoms. The Morgan fingerprint density at radius 2 is 2.14 bits per heavy atom. The summed E-state index contributed by atoms with van der Waals surface area (Å²) in [6.45, 7) is 14.9. The highest BCUT2D eigenvalue weighted by molar-refractivity contribution is 7.15. The van der Waals surface area contributed by atoms with E-state index in [0.29, 0.717) is 11.3 Å². The summed E-state index contributed by atoms with van der Waals surface area (Å²) in [6, 6.07) is 0. The first-order chi connectivity index (χ1) is 9.86. The number of aromatic nitrogens is 1. The molecule has 1 N–H and O–H groups in total. The molecule has 2 atom stereocenters. The third-order valence-electron chi connectivity index (χ3n) is 4.82. The molecule has 1 aromatic heterocycles. The molecule has 1 saturated heterocycles. The van der Waals surface area contributed by atoms with Crippen molar-refractivity contribution in [2.24, 2.45) is 11.3 Å². The second kappa shape index (κ2) is 6.66. The van der Waals surface area contributed by atoms with Gasteiger partial charge in [-0.2, -0.15) is 0 Å². The van der Waals surface area contributed by atoms with E-state index in [2.05, 4.69) is 44.8 Å². The van der Waals surface area contributed by atoms with Crippen molar-refractivity contribution in [3.8, 4) is 0 Å². The molecule has 1 fully saturated rings. The van der Waals surface area contributed by atoms with Crippen molar-refractivity contribution in [2.45, 2.75) is 59.9 Å². The monoisotopic (exact) mass is 309 g/mol. The van der Waals surface area contributed by atoms with E-state index >= 15 is 0 Å². The van der Waals surface area contributed by atoms with Gasteiger partial charge >= 0.3 is 0 Å². The number of anilines is 1. The minimum atomic E-state index is 0.402. The molecule has 2 unspecified atom stereocenters. The smallest absolute Gasteiger partial charge is 0.185 e. The first kappa shape index (κ1) is 16.8. The summed E-state index contributed by atoms with van der Waals surface area (Å²) in [4.78, 5) is 8.93. The Labute approximate surface area is 134 Å². The van der Waals surface area contributed by atoms with Crippen LogP contribution in [0.15, 0.2) is 0 Å². The van der Waals surface area contributed by atoms with Crippen LogP contribution in [0, 0.1) is 11.3 Å². The Kier molecular flexibility index (Phi) is 5.31. The molecule has 21 heavy (non-hydrogen) atoms. The molecule has 0 saturated carbocycles. The standard InChI is InChI=1S/C17H31N3S/c1-7-12(2)15-14(10-18-6)21-16(19-15)20-9-8-13(11-20)17(3,4)5/h12-13,18H,7-11H2,1-6H3. The fraction of sp³-hybridized carbons (Fsp3) is 0.824. The van der Waals surface area contributed by atoms with Crippen molar-refractivity contribution < 1.29 is 0 Å². The van der Waals surface area contributed by atoms with E-state index in [1.807, 2.05) is 18.4 Å². The van der Waals surface area contributed by atoms with Gasteiger partial charge in [-0.25, -0.2) is 4.98 Å². The predicted octanol–water partition coefficient (Wildman–Crippen LogP) is 4.25. The second-order valence-corrected chi connectivity index (χ2v) is 8.50. The van der Waals surface area contributed by atoms with Crippen molar-refractivity contribution in [2.75, 3.05) is 25.0 Å². The van der Waals surface area contributed by atoms with E-state index in [1.165, 1.54) is 22.1 Å². The highest BCUT2D eigenvalue weighted by Crippen LogP contribution is 2.38. The van der Waals surface area contributed by atoms with Gasteiger partial charge in [0.2, 0.25) is 0 Å². The summed E-state index contributed by atoms with van der Waals surface area (Å²) in [5.74, 6) is 1.33. The Bertz CT molecular complexity index is 461. The van der Waals surface area contributed by atoms with Gasteiger partial charge in [-0.15, -0.1) is 11.3 Å². The van der Waals surface area contributed by atoms with Gasteiger partial charge in [0.15, 0.2) is 5.13 Å². The highest BCUT2D eigenvalue weighted by atomic mass is 32.1. The van der Waals surface area contributed by atoms with Gasteiger partial charge in [-0.3, -0.25) is 0 Å². The van der Waals surface area contributed by atoms with Crippen molar-refractivity contribution >= 4 is 16.5 Å². The molecule has 3 nitrogen and oxygen atoms in total. The van der Waals surface area contributed by atoms with Crippen LogP contribution >= 0.6 is 11.3 Å². The van der Waals surface area contributed by atoms with Crippen molar-refractivity contribution in [1.29, 1.82) is 0 Å². The molecule has 1 aromatic rings. The third-order valence-corrected chi connectivity index (χ3v) is 5.95. The average Bonchev–Trinajstić information content (AvgIpc) is 3.03. The minimum Gasteiger partial charge on any atom is -0.348 e. The number of rotatable bonds is 5. The number of thiazole rings is 1. The number of hydrogen-bond donors (Lipinski definition) is 1. The molecule has 0 radical (unpaired) electrons. The van der Waals surface area contributed by atoms with E-state index in [0.717, 1.165) is 32.0 Å². The molecule has 2 rings (SSSR count). The van der Waals surface area contributed by atoms with Crippen LogP contribution in [0.4, 0.5) is 5.13 Å². The van der Waals surface area contributed by atoms with E-state index in [9.17, 15) is 0 Å². The quantitative estimate of drug-likeness (QED) is 0.881. The summed E-state index contributed by atoms with van der Waals surface area (Å²) in [7, 11) is 2.02. The number of nitrogens with one attached hydrogen (secondary N) is 1. The second-order valence-electron chi connectivity index (χ2n) is 7.44. The first-order valence-corrected chi connectivity index (χ1v) is 9.07. The lowest BCUT2D eigenvalue weighted by Gasteiger charge is -2.26. The molecule has 0 aromatic carbocycles. The molecule has 4 heteroatoms. The highest BCUT2D eigenvalue weighted by Gasteiger charge is 2.33. The average molecular weight is 310 g/mol. The molecule has 1 aliphatic rings. The topological polar surface area (TPSA) is 28.2 Å². The van der Waals surface area contributed by atoms with Gasteiger partial charge in [-0.05, 0) is 37.1 Å². The zero-order chi connectivity index (χ0) is 15.6. The Morgan fingerprint density at radius 3 is 2.67 bits per heavy atom. The zero-order valence-electron chi connectivity index (χ0n) is 14.5. The van der Waals surface area contributed by atoms with Crippen LogP contribution in [-0.2, 0) is 6.54 Å². The fourth-order valence-corrected chi connectivity index (χ4v) is 4.22. The van der Waals surface area contributed by atoms with E-state index in [-0.39, 0.29) is 0 Å². The van der Waals surface area contributed by atoms with Crippen LogP contribution in [0.2, 0.25) is 0 Å². The van der Waals surface area contributed by atoms with Crippen LogP contribution in [0.5, 0.6) is 0 Å². The Balaban J connectivity index is 2.17. The summed E-state index contributed by atoms with van der Waals surface area (Å²) in [5.41, 5.74) is 1.71. The molecular formula is C17H31N3S. The van der Waals surface area contributed by atoms with Crippen LogP contribution in [0.1, 0.15) is 63.9 Å². The van der Waals surface area contributed by atoms with Crippen LogP contribution < -0.4 is 10.2 Å². The maximum absolute atomic E-state index is 5.00. The lowest BCUT2D eigenvalue weighted by Crippen LogP contribution is -2.25. The first-order valence-electron chi connectivity index (χ1n) is 8.26. The van der Waals surface area contributed by atoms with Gasteiger partial charge in [0.1, 0.15) is 0 Å². The van der Waals surface area contributed by atoms with Crippen LogP contribution in [0.25, 0.3) is 0 Å². The lowest BCUT2D eigenvalue weighted by molar-refractivity contribution is 0.263. The van der Waals surface area contributed by atoms with Gasteiger partial charge in [0.25, 0.3) is 0 Å². The SMILES string of the molecule is CCC(C)c1nc(N2CCC(C(C)(C)C)C2)sc1CNC. The van der Waals surface area contributed by atoms with Crippen LogP contribution in [-0.4, -0.2) is 25.1 Å². The van der Waals surface area contributed by atoms with E-state index in [4.69, 9.17) is 4.98 Å². The summed E-state index contributed by atoms with van der Waals surface area (Å²) in [5, 5.41) is 4.53. The molecule has 1 aliphatic heterocycles. The third kappa shape index (κ3) is 3.78. The molecular weight excluding hydrogens is 278 g/mol. The summed E-state index contributed by atoms with van der Waals surface area (Å²) in [6.07, 6.45) is 2.45. The lowest BCUT2D eigenvalue weighted by atomic mass is 9.80. The summed E-state index contributed by atoms with van der Waals surface area (Å²) < 4.78 is 0. The maximum Gasteiger partial charge on any atom is 0.185 e. The van der Waals surface area contributed by atoms with Crippen LogP contribution in [0.3, 0.4) is 0 Å². The normalized spacial score (nSPS) is 21.0. The van der Waals surface area contributed by atoms with Crippen molar-refractivity contribution in [3.05, 3.63) is 10.6 Å². The molecule has 0 aliphatic carbocycles. The summed E-state index contributed by atoms with van der Waals surface area (Å²) >= 11 is 1.89. The van der Waals surface area contributed by atoms with Crippen molar-refractivity contribution in [1.82, 2.24) is 10.3 Å². The maximum atomic E-state index is 5.00. The zero-order valence-corrected chi connectivity index (χ0v) is 15.3. The van der Waals surface area contributed by atoms with Crippen molar-refractivity contribution in [3.63, 3.8) is 0 Å². The largest absolute Gasteiger partial charge is 0.348 e. The molecule has 0 spiro atoms. The Hall–Kier alpha value is -0.610. The van der Waals surface area contributed by atoms with E-state index < -0.39 is 0 Å². The number of hydrogen-bond acceptors (Lipinski definition) is 4. The van der Waals surface area contributed by atoms with E-state index in [1.54, 1.807) is 0 Å². The van der Waals surface area contributed by atoms with Gasteiger partial charge in [0.05, 0.1) is 5.69 Å². The number of nitrogens with zero attached hydrogens (tertiary/aromatic N) is 2. The van der Waals surface area contributed by atoms with Gasteiger partial charge < -0.3 is 10.2 Å². The van der Waals surface area contributed by atoms with Gasteiger partial charge in [0, 0.05) is 24.5 Å².